The van der Waals surface area contributed by atoms with Gasteiger partial charge in [0.25, 0.3) is 0 Å². The Labute approximate surface area is 116 Å². The summed E-state index contributed by atoms with van der Waals surface area (Å²) in [5.74, 6) is 0.172. The Morgan fingerprint density at radius 3 is 3.05 bits per heavy atom. The Morgan fingerprint density at radius 1 is 1.58 bits per heavy atom. The van der Waals surface area contributed by atoms with Crippen LogP contribution in [-0.4, -0.2) is 61.9 Å². The monoisotopic (exact) mass is 272 g/mol. The van der Waals surface area contributed by atoms with Gasteiger partial charge in [0.05, 0.1) is 18.6 Å². The van der Waals surface area contributed by atoms with Crippen molar-refractivity contribution in [3.63, 3.8) is 0 Å². The number of aliphatic hydroxyl groups is 1. The van der Waals surface area contributed by atoms with Crippen molar-refractivity contribution in [2.75, 3.05) is 39.9 Å². The third-order valence-corrected chi connectivity index (χ3v) is 3.54. The summed E-state index contributed by atoms with van der Waals surface area (Å²) < 4.78 is 5.42. The maximum Gasteiger partial charge on any atom is 0.224 e. The average molecular weight is 272 g/mol. The van der Waals surface area contributed by atoms with E-state index in [0.717, 1.165) is 38.8 Å². The number of hydrogen-bond donors (Lipinski definition) is 2. The number of β-amino-alcohol motifs (C(OH)–C–C–N with tert-alkyl or cyclic N) is 1. The molecule has 1 heterocycles. The van der Waals surface area contributed by atoms with Gasteiger partial charge in [0.1, 0.15) is 0 Å². The molecule has 5 heteroatoms. The number of rotatable bonds is 8. The van der Waals surface area contributed by atoms with Gasteiger partial charge in [0, 0.05) is 26.7 Å². The quantitative estimate of drug-likeness (QED) is 0.636. The smallest absolute Gasteiger partial charge is 0.224 e. The molecule has 0 spiro atoms. The fraction of sp³-hybridized carbons (Fsp3) is 0.929. The number of hydrogen-bond acceptors (Lipinski definition) is 4. The summed E-state index contributed by atoms with van der Waals surface area (Å²) in [5, 5.41) is 12.6. The molecule has 1 aliphatic rings. The number of nitrogens with one attached hydrogen (secondary N) is 1. The van der Waals surface area contributed by atoms with Crippen molar-refractivity contribution in [2.45, 2.75) is 38.7 Å². The fourth-order valence-electron chi connectivity index (χ4n) is 2.46. The second-order valence-electron chi connectivity index (χ2n) is 5.30. The summed E-state index contributed by atoms with van der Waals surface area (Å²) in [6.07, 6.45) is 3.65. The zero-order valence-electron chi connectivity index (χ0n) is 12.2. The highest BCUT2D eigenvalue weighted by Crippen LogP contribution is 2.16. The minimum atomic E-state index is -0.458. The first-order valence-electron chi connectivity index (χ1n) is 7.37. The van der Waals surface area contributed by atoms with Gasteiger partial charge in [-0.05, 0) is 25.8 Å². The SMILES string of the molecule is CCCCOCC(O)CN1CCCC(C(=O)NC)C1. The van der Waals surface area contributed by atoms with E-state index >= 15 is 0 Å². The van der Waals surface area contributed by atoms with Crippen LogP contribution in [0.1, 0.15) is 32.6 Å². The number of amides is 1. The maximum absolute atomic E-state index is 11.6. The highest BCUT2D eigenvalue weighted by Gasteiger charge is 2.25. The van der Waals surface area contributed by atoms with E-state index in [-0.39, 0.29) is 11.8 Å². The molecule has 0 saturated carbocycles. The largest absolute Gasteiger partial charge is 0.389 e. The lowest BCUT2D eigenvalue weighted by molar-refractivity contribution is -0.126. The third kappa shape index (κ3) is 6.36. The van der Waals surface area contributed by atoms with E-state index in [1.54, 1.807) is 7.05 Å². The first-order chi connectivity index (χ1) is 9.17. The van der Waals surface area contributed by atoms with Crippen LogP contribution < -0.4 is 5.32 Å². The van der Waals surface area contributed by atoms with Gasteiger partial charge in [-0.2, -0.15) is 0 Å². The summed E-state index contributed by atoms with van der Waals surface area (Å²) in [5.41, 5.74) is 0. The summed E-state index contributed by atoms with van der Waals surface area (Å²) in [4.78, 5) is 13.8. The Balaban J connectivity index is 2.22. The van der Waals surface area contributed by atoms with Crippen LogP contribution in [0.4, 0.5) is 0 Å². The summed E-state index contributed by atoms with van der Waals surface area (Å²) in [6.45, 7) is 5.52. The van der Waals surface area contributed by atoms with E-state index in [2.05, 4.69) is 17.1 Å². The van der Waals surface area contributed by atoms with Crippen LogP contribution >= 0.6 is 0 Å². The van der Waals surface area contributed by atoms with E-state index in [1.807, 2.05) is 0 Å². The number of piperidine rings is 1. The van der Waals surface area contributed by atoms with E-state index in [1.165, 1.54) is 0 Å². The molecule has 112 valence electrons. The molecule has 5 nitrogen and oxygen atoms in total. The van der Waals surface area contributed by atoms with Crippen molar-refractivity contribution < 1.29 is 14.6 Å². The fourth-order valence-corrected chi connectivity index (χ4v) is 2.46. The lowest BCUT2D eigenvalue weighted by Crippen LogP contribution is -2.45. The lowest BCUT2D eigenvalue weighted by Gasteiger charge is -2.32. The van der Waals surface area contributed by atoms with Crippen molar-refractivity contribution >= 4 is 5.91 Å². The van der Waals surface area contributed by atoms with Crippen molar-refractivity contribution in [1.82, 2.24) is 10.2 Å². The summed E-state index contributed by atoms with van der Waals surface area (Å²) >= 11 is 0. The molecular weight excluding hydrogens is 244 g/mol. The molecule has 1 aliphatic heterocycles. The van der Waals surface area contributed by atoms with Crippen molar-refractivity contribution in [3.05, 3.63) is 0 Å². The molecule has 0 aromatic carbocycles. The minimum absolute atomic E-state index is 0.0620. The molecule has 0 aliphatic carbocycles. The van der Waals surface area contributed by atoms with E-state index in [0.29, 0.717) is 19.8 Å². The number of unbranched alkanes of at least 4 members (excludes halogenated alkanes) is 1. The second-order valence-corrected chi connectivity index (χ2v) is 5.30. The van der Waals surface area contributed by atoms with Crippen LogP contribution in [0.25, 0.3) is 0 Å². The molecule has 1 rings (SSSR count). The van der Waals surface area contributed by atoms with Crippen LogP contribution in [0.5, 0.6) is 0 Å². The van der Waals surface area contributed by atoms with E-state index in [4.69, 9.17) is 4.74 Å². The number of nitrogens with zero attached hydrogens (tertiary/aromatic N) is 1. The van der Waals surface area contributed by atoms with Gasteiger partial charge in [-0.25, -0.2) is 0 Å². The third-order valence-electron chi connectivity index (χ3n) is 3.54. The topological polar surface area (TPSA) is 61.8 Å². The molecule has 2 N–H and O–H groups in total. The predicted molar refractivity (Wildman–Crippen MR) is 75.0 cm³/mol. The molecule has 0 radical (unpaired) electrons. The van der Waals surface area contributed by atoms with Crippen molar-refractivity contribution in [3.8, 4) is 0 Å². The Morgan fingerprint density at radius 2 is 2.37 bits per heavy atom. The molecule has 2 unspecified atom stereocenters. The normalized spacial score (nSPS) is 22.2. The van der Waals surface area contributed by atoms with Gasteiger partial charge in [0.15, 0.2) is 0 Å². The standard InChI is InChI=1S/C14H28N2O3/c1-3-4-8-19-11-13(17)10-16-7-5-6-12(9-16)14(18)15-2/h12-13,17H,3-11H2,1-2H3,(H,15,18). The van der Waals surface area contributed by atoms with Crippen molar-refractivity contribution in [2.24, 2.45) is 5.92 Å². The molecule has 19 heavy (non-hydrogen) atoms. The van der Waals surface area contributed by atoms with Gasteiger partial charge >= 0.3 is 0 Å². The van der Waals surface area contributed by atoms with E-state index in [9.17, 15) is 9.90 Å². The number of carbonyl (C=O) groups excluding carboxylic acids is 1. The predicted octanol–water partition coefficient (Wildman–Crippen LogP) is 0.622. The summed E-state index contributed by atoms with van der Waals surface area (Å²) in [7, 11) is 1.68. The molecule has 2 atom stereocenters. The van der Waals surface area contributed by atoms with Gasteiger partial charge in [-0.1, -0.05) is 13.3 Å². The minimum Gasteiger partial charge on any atom is -0.389 e. The Kier molecular flexibility index (Phi) is 8.02. The highest BCUT2D eigenvalue weighted by atomic mass is 16.5. The molecule has 0 aromatic heterocycles. The van der Waals surface area contributed by atoms with E-state index < -0.39 is 6.10 Å². The highest BCUT2D eigenvalue weighted by molar-refractivity contribution is 5.78. The summed E-state index contributed by atoms with van der Waals surface area (Å²) in [6, 6.07) is 0. The molecular formula is C14H28N2O3. The Hall–Kier alpha value is -0.650. The first-order valence-corrected chi connectivity index (χ1v) is 7.37. The lowest BCUT2D eigenvalue weighted by atomic mass is 9.97. The van der Waals surface area contributed by atoms with Gasteiger partial charge in [-0.15, -0.1) is 0 Å². The molecule has 0 bridgehead atoms. The Bertz CT molecular complexity index is 261. The van der Waals surface area contributed by atoms with Crippen LogP contribution in [0, 0.1) is 5.92 Å². The van der Waals surface area contributed by atoms with Crippen LogP contribution in [-0.2, 0) is 9.53 Å². The number of likely N-dealkylation sites (tertiary alicyclic amines) is 1. The first kappa shape index (κ1) is 16.4. The van der Waals surface area contributed by atoms with Gasteiger partial charge in [0.2, 0.25) is 5.91 Å². The molecule has 0 aromatic rings. The van der Waals surface area contributed by atoms with Crippen LogP contribution in [0.3, 0.4) is 0 Å². The van der Waals surface area contributed by atoms with Gasteiger partial charge in [-0.3, -0.25) is 9.69 Å². The van der Waals surface area contributed by atoms with Gasteiger partial charge < -0.3 is 15.2 Å². The van der Waals surface area contributed by atoms with Crippen molar-refractivity contribution in [1.29, 1.82) is 0 Å². The average Bonchev–Trinajstić information content (AvgIpc) is 2.43. The number of ether oxygens (including phenoxy) is 1. The molecule has 1 fully saturated rings. The second kappa shape index (κ2) is 9.28. The zero-order chi connectivity index (χ0) is 14.1. The zero-order valence-corrected chi connectivity index (χ0v) is 12.2. The number of aliphatic hydroxyl groups excluding tert-OH is 1. The molecule has 1 saturated heterocycles. The van der Waals surface area contributed by atoms with Crippen LogP contribution in [0.15, 0.2) is 0 Å². The van der Waals surface area contributed by atoms with Crippen LogP contribution in [0.2, 0.25) is 0 Å². The molecule has 1 amide bonds. The maximum atomic E-state index is 11.6. The number of carbonyl (C=O) groups is 1.